The first-order valence-electron chi connectivity index (χ1n) is 7.20. The number of benzene rings is 1. The zero-order valence-electron chi connectivity index (χ0n) is 13.3. The molecule has 23 heavy (non-hydrogen) atoms. The van der Waals surface area contributed by atoms with Crippen LogP contribution in [0.2, 0.25) is 0 Å². The molecule has 2 radical (unpaired) electrons. The summed E-state index contributed by atoms with van der Waals surface area (Å²) in [6.45, 7) is 4.98. The van der Waals surface area contributed by atoms with E-state index in [0.29, 0.717) is 10.5 Å². The van der Waals surface area contributed by atoms with Crippen LogP contribution < -0.4 is 0 Å². The smallest absolute Gasteiger partial charge is 0.424 e. The Morgan fingerprint density at radius 2 is 1.83 bits per heavy atom. The van der Waals surface area contributed by atoms with E-state index in [1.54, 1.807) is 45.0 Å². The number of imide groups is 3. The number of rotatable bonds is 1. The molecule has 1 heterocycles. The van der Waals surface area contributed by atoms with E-state index in [2.05, 4.69) is 15.9 Å². The Hall–Kier alpha value is -1.63. The first-order chi connectivity index (χ1) is 10.5. The molecule has 120 valence electrons. The second-order valence-electron chi connectivity index (χ2n) is 6.49. The number of ether oxygens (including phenoxy) is 1. The largest absolute Gasteiger partial charge is 0.443 e. The first-order valence-corrected chi connectivity index (χ1v) is 7.99. The van der Waals surface area contributed by atoms with Crippen molar-refractivity contribution in [3.05, 3.63) is 34.3 Å². The zero-order chi connectivity index (χ0) is 17.4. The van der Waals surface area contributed by atoms with E-state index in [9.17, 15) is 14.4 Å². The lowest BCUT2D eigenvalue weighted by atomic mass is 9.59. The molecule has 3 amide bonds. The highest BCUT2D eigenvalue weighted by Gasteiger charge is 2.48. The van der Waals surface area contributed by atoms with Crippen molar-refractivity contribution in [2.45, 2.75) is 44.5 Å². The minimum Gasteiger partial charge on any atom is -0.443 e. The Balaban J connectivity index is 2.35. The van der Waals surface area contributed by atoms with Crippen LogP contribution in [0.25, 0.3) is 0 Å². The van der Waals surface area contributed by atoms with Crippen LogP contribution in [0, 0.1) is 0 Å². The van der Waals surface area contributed by atoms with Crippen molar-refractivity contribution in [3.8, 4) is 0 Å². The van der Waals surface area contributed by atoms with Crippen LogP contribution in [-0.4, -0.2) is 36.3 Å². The lowest BCUT2D eigenvalue weighted by Crippen LogP contribution is -2.57. The number of carbonyl (C=O) groups is 3. The molecule has 0 N–H and O–H groups in total. The first kappa shape index (κ1) is 17.7. The lowest BCUT2D eigenvalue weighted by Gasteiger charge is -2.38. The van der Waals surface area contributed by atoms with Crippen LogP contribution in [0.5, 0.6) is 0 Å². The third-order valence-corrected chi connectivity index (χ3v) is 4.03. The molecule has 0 bridgehead atoms. The summed E-state index contributed by atoms with van der Waals surface area (Å²) in [5.41, 5.74) is -0.268. The normalized spacial score (nSPS) is 22.2. The van der Waals surface area contributed by atoms with Gasteiger partial charge in [-0.15, -0.1) is 0 Å². The molecule has 2 rings (SSSR count). The lowest BCUT2D eigenvalue weighted by molar-refractivity contribution is -0.149. The number of hydrogen-bond acceptors (Lipinski definition) is 4. The van der Waals surface area contributed by atoms with Crippen LogP contribution in [0.15, 0.2) is 28.7 Å². The second kappa shape index (κ2) is 6.11. The summed E-state index contributed by atoms with van der Waals surface area (Å²) in [5.74, 6) is -1.35. The average Bonchev–Trinajstić information content (AvgIpc) is 2.42. The van der Waals surface area contributed by atoms with E-state index < -0.39 is 28.8 Å². The van der Waals surface area contributed by atoms with Crippen LogP contribution >= 0.6 is 15.9 Å². The molecule has 1 aliphatic heterocycles. The highest BCUT2D eigenvalue weighted by molar-refractivity contribution is 9.10. The van der Waals surface area contributed by atoms with Gasteiger partial charge in [0.25, 0.3) is 0 Å². The highest BCUT2D eigenvalue weighted by atomic mass is 79.9. The summed E-state index contributed by atoms with van der Waals surface area (Å²) in [7, 11) is 6.26. The Morgan fingerprint density at radius 3 is 2.35 bits per heavy atom. The van der Waals surface area contributed by atoms with E-state index >= 15 is 0 Å². The van der Waals surface area contributed by atoms with Gasteiger partial charge in [0, 0.05) is 16.2 Å². The maximum atomic E-state index is 12.7. The van der Waals surface area contributed by atoms with Gasteiger partial charge in [0.1, 0.15) is 5.60 Å². The van der Waals surface area contributed by atoms with Crippen LogP contribution in [-0.2, 0) is 19.6 Å². The maximum absolute atomic E-state index is 12.7. The van der Waals surface area contributed by atoms with Crippen LogP contribution in [0.3, 0.4) is 0 Å². The number of halogens is 1. The maximum Gasteiger partial charge on any atom is 0.424 e. The number of piperidine rings is 1. The van der Waals surface area contributed by atoms with Gasteiger partial charge in [-0.05, 0) is 44.9 Å². The van der Waals surface area contributed by atoms with Crippen LogP contribution in [0.1, 0.15) is 39.2 Å². The van der Waals surface area contributed by atoms with Gasteiger partial charge in [-0.2, -0.15) is 4.90 Å². The van der Waals surface area contributed by atoms with Gasteiger partial charge < -0.3 is 4.74 Å². The van der Waals surface area contributed by atoms with E-state index in [4.69, 9.17) is 12.6 Å². The van der Waals surface area contributed by atoms with Crippen molar-refractivity contribution < 1.29 is 19.1 Å². The molecule has 1 aliphatic rings. The molecule has 1 aromatic carbocycles. The molecular weight excluding hydrogens is 361 g/mol. The minimum absolute atomic E-state index is 0.00243. The van der Waals surface area contributed by atoms with Crippen molar-refractivity contribution in [2.75, 3.05) is 0 Å². The fourth-order valence-electron chi connectivity index (χ4n) is 2.34. The number of likely N-dealkylation sites (tertiary alicyclic amines) is 1. The summed E-state index contributed by atoms with van der Waals surface area (Å²) in [6.07, 6.45) is -0.845. The van der Waals surface area contributed by atoms with Crippen LogP contribution in [0.4, 0.5) is 4.79 Å². The van der Waals surface area contributed by atoms with Gasteiger partial charge >= 0.3 is 6.09 Å². The van der Waals surface area contributed by atoms with Crippen molar-refractivity contribution in [2.24, 2.45) is 0 Å². The van der Waals surface area contributed by atoms with Gasteiger partial charge in [-0.3, -0.25) is 9.59 Å². The van der Waals surface area contributed by atoms with Crippen molar-refractivity contribution >= 4 is 41.7 Å². The van der Waals surface area contributed by atoms with Gasteiger partial charge in [-0.25, -0.2) is 4.79 Å². The molecule has 0 saturated carbocycles. The summed E-state index contributed by atoms with van der Waals surface area (Å²) < 4.78 is 5.99. The van der Waals surface area contributed by atoms with Gasteiger partial charge in [0.05, 0.1) is 7.85 Å². The molecule has 1 unspecified atom stereocenters. The molecule has 1 saturated heterocycles. The van der Waals surface area contributed by atoms with Crippen molar-refractivity contribution in [3.63, 3.8) is 0 Å². The average molecular weight is 378 g/mol. The third kappa shape index (κ3) is 3.66. The van der Waals surface area contributed by atoms with E-state index in [0.717, 1.165) is 4.47 Å². The molecule has 0 aliphatic carbocycles. The summed E-state index contributed by atoms with van der Waals surface area (Å²) in [5, 5.41) is -1.43. The monoisotopic (exact) mass is 377 g/mol. The summed E-state index contributed by atoms with van der Waals surface area (Å²) >= 11 is 3.32. The number of amides is 3. The Kier molecular flexibility index (Phi) is 4.71. The summed E-state index contributed by atoms with van der Waals surface area (Å²) in [4.78, 5) is 37.5. The third-order valence-electron chi connectivity index (χ3n) is 3.50. The topological polar surface area (TPSA) is 63.7 Å². The zero-order valence-corrected chi connectivity index (χ0v) is 14.8. The standard InChI is InChI=1S/C16H17BBrNO4/c1-15(2,3)23-14(22)19-12(20)8-9-16(17,13(19)21)10-4-6-11(18)7-5-10/h4-7H,8-9H2,1-3H3. The predicted octanol–water partition coefficient (Wildman–Crippen LogP) is 2.90. The molecular formula is C16H17BBrNO4. The van der Waals surface area contributed by atoms with Crippen molar-refractivity contribution in [1.82, 2.24) is 4.90 Å². The highest BCUT2D eigenvalue weighted by Crippen LogP contribution is 2.34. The van der Waals surface area contributed by atoms with E-state index in [1.165, 1.54) is 0 Å². The van der Waals surface area contributed by atoms with E-state index in [-0.39, 0.29) is 12.8 Å². The number of carbonyl (C=O) groups excluding carboxylic acids is 3. The summed E-state index contributed by atoms with van der Waals surface area (Å²) in [6, 6.07) is 6.91. The molecule has 1 aromatic rings. The molecule has 1 atom stereocenters. The Bertz CT molecular complexity index is 653. The molecule has 0 spiro atoms. The predicted molar refractivity (Wildman–Crippen MR) is 88.9 cm³/mol. The Labute approximate surface area is 144 Å². The van der Waals surface area contributed by atoms with Crippen molar-refractivity contribution in [1.29, 1.82) is 0 Å². The molecule has 7 heteroatoms. The number of nitrogens with zero attached hydrogens (tertiary/aromatic N) is 1. The second-order valence-corrected chi connectivity index (χ2v) is 7.41. The number of hydrogen-bond donors (Lipinski definition) is 0. The fourth-order valence-corrected chi connectivity index (χ4v) is 2.61. The molecule has 0 aromatic heterocycles. The SMILES string of the molecule is [B]C1(c2ccc(Br)cc2)CCC(=O)N(C(=O)OC(C)(C)C)C1=O. The van der Waals surface area contributed by atoms with Gasteiger partial charge in [0.15, 0.2) is 0 Å². The van der Waals surface area contributed by atoms with Gasteiger partial charge in [0.2, 0.25) is 11.8 Å². The molecule has 5 nitrogen and oxygen atoms in total. The minimum atomic E-state index is -1.43. The fraction of sp³-hybridized carbons (Fsp3) is 0.438. The quantitative estimate of drug-likeness (QED) is 0.557. The van der Waals surface area contributed by atoms with Gasteiger partial charge in [-0.1, -0.05) is 28.1 Å². The van der Waals surface area contributed by atoms with E-state index in [1.807, 2.05) is 0 Å². The Morgan fingerprint density at radius 1 is 1.26 bits per heavy atom. The molecule has 1 fully saturated rings.